The van der Waals surface area contributed by atoms with Gasteiger partial charge in [0, 0.05) is 19.3 Å². The molecule has 1 rings (SSSR count). The van der Waals surface area contributed by atoms with E-state index in [0.29, 0.717) is 0 Å². The number of hydrogen-bond acceptors (Lipinski definition) is 2. The Morgan fingerprint density at radius 3 is 2.67 bits per heavy atom. The maximum Gasteiger partial charge on any atom is 0.0468 e. The van der Waals surface area contributed by atoms with Crippen LogP contribution in [0.4, 0.5) is 0 Å². The van der Waals surface area contributed by atoms with Gasteiger partial charge in [-0.25, -0.2) is 0 Å². The van der Waals surface area contributed by atoms with Gasteiger partial charge in [0.2, 0.25) is 0 Å². The van der Waals surface area contributed by atoms with Crippen molar-refractivity contribution in [3.63, 3.8) is 0 Å². The highest BCUT2D eigenvalue weighted by Gasteiger charge is 2.19. The molecule has 0 aromatic rings. The summed E-state index contributed by atoms with van der Waals surface area (Å²) >= 11 is 0. The third kappa shape index (κ3) is 8.64. The van der Waals surface area contributed by atoms with Gasteiger partial charge in [-0.2, -0.15) is 0 Å². The van der Waals surface area contributed by atoms with Crippen molar-refractivity contribution in [2.45, 2.75) is 51.0 Å². The highest BCUT2D eigenvalue weighted by molar-refractivity contribution is 4.80. The van der Waals surface area contributed by atoms with E-state index in [1.54, 1.807) is 0 Å². The van der Waals surface area contributed by atoms with Gasteiger partial charge in [0.25, 0.3) is 0 Å². The summed E-state index contributed by atoms with van der Waals surface area (Å²) in [5, 5.41) is 3.52. The van der Waals surface area contributed by atoms with Crippen LogP contribution >= 0.6 is 0 Å². The molecule has 1 saturated carbocycles. The summed E-state index contributed by atoms with van der Waals surface area (Å²) in [6.45, 7) is 6.71. The maximum atomic E-state index is 5.51. The summed E-state index contributed by atoms with van der Waals surface area (Å²) in [5.41, 5.74) is 0. The minimum absolute atomic E-state index is 0.861. The Morgan fingerprint density at radius 2 is 1.93 bits per heavy atom. The molecule has 0 aliphatic heterocycles. The zero-order chi connectivity index (χ0) is 10.8. The Morgan fingerprint density at radius 1 is 1.13 bits per heavy atom. The van der Waals surface area contributed by atoms with Crippen LogP contribution in [0.2, 0.25) is 0 Å². The van der Waals surface area contributed by atoms with Crippen molar-refractivity contribution in [1.29, 1.82) is 0 Å². The highest BCUT2D eigenvalue weighted by Crippen LogP contribution is 2.18. The van der Waals surface area contributed by atoms with Gasteiger partial charge in [0.15, 0.2) is 0 Å². The smallest absolute Gasteiger partial charge is 0.0468 e. The van der Waals surface area contributed by atoms with E-state index < -0.39 is 0 Å². The fourth-order valence-corrected chi connectivity index (χ4v) is 1.53. The van der Waals surface area contributed by atoms with Gasteiger partial charge in [-0.05, 0) is 51.5 Å². The molecule has 0 spiro atoms. The topological polar surface area (TPSA) is 21.3 Å². The maximum absolute atomic E-state index is 5.51. The van der Waals surface area contributed by atoms with Gasteiger partial charge in [0.05, 0.1) is 0 Å². The van der Waals surface area contributed by atoms with Crippen LogP contribution in [-0.4, -0.2) is 25.8 Å². The predicted octanol–water partition coefficient (Wildman–Crippen LogP) is 2.89. The molecule has 2 nitrogen and oxygen atoms in total. The van der Waals surface area contributed by atoms with Crippen LogP contribution in [0.1, 0.15) is 44.9 Å². The van der Waals surface area contributed by atoms with Crippen molar-refractivity contribution >= 4 is 0 Å². The summed E-state index contributed by atoms with van der Waals surface area (Å²) in [4.78, 5) is 0. The zero-order valence-corrected chi connectivity index (χ0v) is 9.84. The minimum atomic E-state index is 0.861. The Bertz CT molecular complexity index is 155. The zero-order valence-electron chi connectivity index (χ0n) is 9.84. The first-order valence-corrected chi connectivity index (χ1v) is 6.35. The Labute approximate surface area is 94.1 Å². The molecule has 1 aliphatic carbocycles. The normalized spacial score (nSPS) is 15.5. The second-order valence-corrected chi connectivity index (χ2v) is 4.33. The van der Waals surface area contributed by atoms with Crippen molar-refractivity contribution in [3.05, 3.63) is 12.7 Å². The van der Waals surface area contributed by atoms with Crippen LogP contribution in [0.25, 0.3) is 0 Å². The lowest BCUT2D eigenvalue weighted by Gasteiger charge is -2.04. The molecule has 0 bridgehead atoms. The molecule has 0 aromatic carbocycles. The van der Waals surface area contributed by atoms with Crippen molar-refractivity contribution in [2.75, 3.05) is 19.8 Å². The molecule has 0 heterocycles. The molecule has 0 amide bonds. The van der Waals surface area contributed by atoms with Gasteiger partial charge >= 0.3 is 0 Å². The van der Waals surface area contributed by atoms with Gasteiger partial charge < -0.3 is 10.1 Å². The second kappa shape index (κ2) is 8.93. The van der Waals surface area contributed by atoms with Crippen molar-refractivity contribution < 1.29 is 4.74 Å². The van der Waals surface area contributed by atoms with Crippen LogP contribution in [0.15, 0.2) is 12.7 Å². The molecule has 0 saturated heterocycles. The number of ether oxygens (including phenoxy) is 1. The fraction of sp³-hybridized carbons (Fsp3) is 0.846. The third-order valence-electron chi connectivity index (χ3n) is 2.67. The number of rotatable bonds is 11. The molecular weight excluding hydrogens is 186 g/mol. The number of hydrogen-bond donors (Lipinski definition) is 1. The Hall–Kier alpha value is -0.340. The van der Waals surface area contributed by atoms with E-state index >= 15 is 0 Å². The van der Waals surface area contributed by atoms with Crippen molar-refractivity contribution in [3.8, 4) is 0 Å². The summed E-state index contributed by atoms with van der Waals surface area (Å²) in [6, 6.07) is 0.861. The van der Waals surface area contributed by atoms with Gasteiger partial charge in [-0.1, -0.05) is 6.08 Å². The molecule has 2 heteroatoms. The molecule has 1 fully saturated rings. The van der Waals surface area contributed by atoms with E-state index in [1.165, 1.54) is 38.6 Å². The summed E-state index contributed by atoms with van der Waals surface area (Å²) in [7, 11) is 0. The third-order valence-corrected chi connectivity index (χ3v) is 2.67. The van der Waals surface area contributed by atoms with Gasteiger partial charge in [-0.3, -0.25) is 0 Å². The second-order valence-electron chi connectivity index (χ2n) is 4.33. The van der Waals surface area contributed by atoms with Gasteiger partial charge in [0.1, 0.15) is 0 Å². The quantitative estimate of drug-likeness (QED) is 0.419. The first kappa shape index (κ1) is 12.7. The van der Waals surface area contributed by atoms with Crippen LogP contribution in [0, 0.1) is 0 Å². The Kier molecular flexibility index (Phi) is 7.58. The average molecular weight is 211 g/mol. The van der Waals surface area contributed by atoms with E-state index in [-0.39, 0.29) is 0 Å². The molecule has 1 N–H and O–H groups in total. The molecule has 0 aromatic heterocycles. The standard InChI is InChI=1S/C13H25NO/c1-2-3-6-11-15-12-7-4-5-10-14-13-8-9-13/h2,13-14H,1,3-12H2. The summed E-state index contributed by atoms with van der Waals surface area (Å²) in [6.07, 6.45) is 10.7. The molecule has 0 atom stereocenters. The van der Waals surface area contributed by atoms with Gasteiger partial charge in [-0.15, -0.1) is 6.58 Å². The van der Waals surface area contributed by atoms with E-state index in [2.05, 4.69) is 11.9 Å². The van der Waals surface area contributed by atoms with E-state index in [0.717, 1.165) is 32.1 Å². The average Bonchev–Trinajstić information content (AvgIpc) is 3.05. The summed E-state index contributed by atoms with van der Waals surface area (Å²) in [5.74, 6) is 0. The fourth-order valence-electron chi connectivity index (χ4n) is 1.53. The monoisotopic (exact) mass is 211 g/mol. The van der Waals surface area contributed by atoms with E-state index in [4.69, 9.17) is 4.74 Å². The molecule has 15 heavy (non-hydrogen) atoms. The molecule has 0 unspecified atom stereocenters. The van der Waals surface area contributed by atoms with Crippen molar-refractivity contribution in [1.82, 2.24) is 5.32 Å². The number of allylic oxidation sites excluding steroid dienone is 1. The minimum Gasteiger partial charge on any atom is -0.381 e. The first-order chi connectivity index (χ1) is 7.43. The molecular formula is C13H25NO. The lowest BCUT2D eigenvalue weighted by Crippen LogP contribution is -2.17. The molecule has 0 radical (unpaired) electrons. The van der Waals surface area contributed by atoms with Crippen molar-refractivity contribution in [2.24, 2.45) is 0 Å². The SMILES string of the molecule is C=CCCCOCCCCCNC1CC1. The lowest BCUT2D eigenvalue weighted by atomic mass is 10.2. The lowest BCUT2D eigenvalue weighted by molar-refractivity contribution is 0.128. The van der Waals surface area contributed by atoms with Crippen LogP contribution in [0.5, 0.6) is 0 Å². The first-order valence-electron chi connectivity index (χ1n) is 6.35. The number of unbranched alkanes of at least 4 members (excludes halogenated alkanes) is 3. The van der Waals surface area contributed by atoms with Crippen LogP contribution in [-0.2, 0) is 4.74 Å². The molecule has 1 aliphatic rings. The summed E-state index contributed by atoms with van der Waals surface area (Å²) < 4.78 is 5.51. The Balaban J connectivity index is 1.63. The van der Waals surface area contributed by atoms with E-state index in [9.17, 15) is 0 Å². The van der Waals surface area contributed by atoms with Crippen LogP contribution < -0.4 is 5.32 Å². The number of nitrogens with one attached hydrogen (secondary N) is 1. The predicted molar refractivity (Wildman–Crippen MR) is 65.1 cm³/mol. The highest BCUT2D eigenvalue weighted by atomic mass is 16.5. The van der Waals surface area contributed by atoms with Crippen LogP contribution in [0.3, 0.4) is 0 Å². The largest absolute Gasteiger partial charge is 0.381 e. The molecule has 88 valence electrons. The van der Waals surface area contributed by atoms with E-state index in [1.807, 2.05) is 6.08 Å².